The van der Waals surface area contributed by atoms with Crippen LogP contribution in [0.3, 0.4) is 0 Å². The highest BCUT2D eigenvalue weighted by Crippen LogP contribution is 2.24. The number of nitrogens with one attached hydrogen (secondary N) is 2. The maximum absolute atomic E-state index is 14.4. The quantitative estimate of drug-likeness (QED) is 0.467. The molecule has 0 spiro atoms. The van der Waals surface area contributed by atoms with Crippen LogP contribution < -0.4 is 10.6 Å². The molecule has 9 heteroatoms. The van der Waals surface area contributed by atoms with Gasteiger partial charge in [-0.3, -0.25) is 0 Å². The number of nitrogens with zero attached hydrogens (tertiary/aromatic N) is 4. The molecule has 0 atom stereocenters. The minimum absolute atomic E-state index is 0.322. The van der Waals surface area contributed by atoms with Gasteiger partial charge in [-0.2, -0.15) is 0 Å². The standard InChI is InChI=1S/C19H21Cl2FN6/c1-3-24-19(26-11-14-9-15(20)18(21)27(14)2)25-10-13-4-5-17(16(22)8-13)28-7-6-23-12-28/h4-9,12H,3,10-11H2,1-2H3,(H2,24,25,26). The molecule has 6 nitrogen and oxygen atoms in total. The highest BCUT2D eigenvalue weighted by atomic mass is 35.5. The lowest BCUT2D eigenvalue weighted by Gasteiger charge is -2.12. The minimum Gasteiger partial charge on any atom is -0.357 e. The lowest BCUT2D eigenvalue weighted by Crippen LogP contribution is -2.37. The molecule has 0 unspecified atom stereocenters. The van der Waals surface area contributed by atoms with Gasteiger partial charge in [-0.25, -0.2) is 14.4 Å². The normalized spacial score (nSPS) is 11.7. The highest BCUT2D eigenvalue weighted by Gasteiger charge is 2.10. The van der Waals surface area contributed by atoms with Crippen molar-refractivity contribution < 1.29 is 4.39 Å². The third-order valence-corrected chi connectivity index (χ3v) is 5.05. The van der Waals surface area contributed by atoms with E-state index in [1.165, 1.54) is 6.07 Å². The van der Waals surface area contributed by atoms with Gasteiger partial charge in [-0.15, -0.1) is 0 Å². The second kappa shape index (κ2) is 9.12. The Morgan fingerprint density at radius 2 is 2.07 bits per heavy atom. The van der Waals surface area contributed by atoms with Crippen LogP contribution in [0.1, 0.15) is 18.2 Å². The van der Waals surface area contributed by atoms with Gasteiger partial charge in [0.15, 0.2) is 5.96 Å². The molecule has 0 radical (unpaired) electrons. The Morgan fingerprint density at radius 3 is 2.68 bits per heavy atom. The van der Waals surface area contributed by atoms with Crippen molar-refractivity contribution in [3.8, 4) is 5.69 Å². The van der Waals surface area contributed by atoms with E-state index in [9.17, 15) is 4.39 Å². The Labute approximate surface area is 173 Å². The second-order valence-corrected chi connectivity index (χ2v) is 6.90. The number of guanidine groups is 1. The molecule has 0 saturated heterocycles. The van der Waals surface area contributed by atoms with Crippen LogP contribution in [0.5, 0.6) is 0 Å². The predicted molar refractivity (Wildman–Crippen MR) is 111 cm³/mol. The first-order valence-corrected chi connectivity index (χ1v) is 9.53. The van der Waals surface area contributed by atoms with E-state index >= 15 is 0 Å². The molecule has 0 amide bonds. The summed E-state index contributed by atoms with van der Waals surface area (Å²) >= 11 is 12.1. The van der Waals surface area contributed by atoms with E-state index in [0.29, 0.717) is 41.5 Å². The molecule has 28 heavy (non-hydrogen) atoms. The van der Waals surface area contributed by atoms with Crippen LogP contribution in [0.15, 0.2) is 48.0 Å². The fraction of sp³-hybridized carbons (Fsp3) is 0.263. The van der Waals surface area contributed by atoms with E-state index in [0.717, 1.165) is 11.3 Å². The molecule has 0 aliphatic heterocycles. The molecule has 3 rings (SSSR count). The van der Waals surface area contributed by atoms with Crippen molar-refractivity contribution in [1.29, 1.82) is 0 Å². The molecule has 0 fully saturated rings. The Morgan fingerprint density at radius 1 is 1.25 bits per heavy atom. The van der Waals surface area contributed by atoms with E-state index in [4.69, 9.17) is 23.2 Å². The summed E-state index contributed by atoms with van der Waals surface area (Å²) in [5.74, 6) is 0.298. The monoisotopic (exact) mass is 422 g/mol. The summed E-state index contributed by atoms with van der Waals surface area (Å²) < 4.78 is 17.8. The van der Waals surface area contributed by atoms with E-state index < -0.39 is 0 Å². The summed E-state index contributed by atoms with van der Waals surface area (Å²) in [5.41, 5.74) is 2.15. The van der Waals surface area contributed by atoms with Crippen LogP contribution in [0, 0.1) is 5.82 Å². The van der Waals surface area contributed by atoms with Crippen molar-refractivity contribution >= 4 is 29.2 Å². The summed E-state index contributed by atoms with van der Waals surface area (Å²) in [4.78, 5) is 8.46. The van der Waals surface area contributed by atoms with Crippen LogP contribution in [-0.4, -0.2) is 26.6 Å². The first-order chi connectivity index (χ1) is 13.5. The number of imidazole rings is 1. The van der Waals surface area contributed by atoms with Gasteiger partial charge >= 0.3 is 0 Å². The third-order valence-electron chi connectivity index (χ3n) is 4.21. The Hall–Kier alpha value is -2.51. The molecule has 0 saturated carbocycles. The van der Waals surface area contributed by atoms with Gasteiger partial charge in [0.2, 0.25) is 0 Å². The number of halogens is 3. The molecule has 1 aromatic carbocycles. The van der Waals surface area contributed by atoms with Crippen molar-refractivity contribution in [3.63, 3.8) is 0 Å². The second-order valence-electron chi connectivity index (χ2n) is 6.14. The number of hydrogen-bond acceptors (Lipinski definition) is 2. The SMILES string of the molecule is CCNC(=NCc1ccc(-n2ccnc2)c(F)c1)NCc1cc(Cl)c(Cl)n1C. The summed E-state index contributed by atoms with van der Waals surface area (Å²) in [6, 6.07) is 6.86. The van der Waals surface area contributed by atoms with Crippen LogP contribution in [0.2, 0.25) is 10.2 Å². The molecular weight excluding hydrogens is 402 g/mol. The average molecular weight is 423 g/mol. The lowest BCUT2D eigenvalue weighted by molar-refractivity contribution is 0.615. The minimum atomic E-state index is -0.322. The highest BCUT2D eigenvalue weighted by molar-refractivity contribution is 6.41. The topological polar surface area (TPSA) is 59.2 Å². The number of rotatable bonds is 6. The molecule has 2 N–H and O–H groups in total. The van der Waals surface area contributed by atoms with Crippen molar-refractivity contribution in [1.82, 2.24) is 24.8 Å². The van der Waals surface area contributed by atoms with Crippen molar-refractivity contribution in [2.45, 2.75) is 20.0 Å². The smallest absolute Gasteiger partial charge is 0.191 e. The predicted octanol–water partition coefficient (Wildman–Crippen LogP) is 3.91. The number of aliphatic imine (C=N–C) groups is 1. The zero-order valence-corrected chi connectivity index (χ0v) is 17.1. The van der Waals surface area contributed by atoms with Gasteiger partial charge in [0, 0.05) is 31.7 Å². The van der Waals surface area contributed by atoms with Gasteiger partial charge < -0.3 is 19.8 Å². The summed E-state index contributed by atoms with van der Waals surface area (Å²) in [7, 11) is 1.85. The molecule has 0 bridgehead atoms. The molecular formula is C19H21Cl2FN6. The van der Waals surface area contributed by atoms with E-state index in [-0.39, 0.29) is 5.82 Å². The third kappa shape index (κ3) is 4.66. The number of aromatic nitrogens is 3. The number of benzene rings is 1. The van der Waals surface area contributed by atoms with E-state index in [2.05, 4.69) is 20.6 Å². The average Bonchev–Trinajstić information content (AvgIpc) is 3.29. The molecule has 2 aromatic heterocycles. The largest absolute Gasteiger partial charge is 0.357 e. The first-order valence-electron chi connectivity index (χ1n) is 8.78. The first kappa shape index (κ1) is 20.2. The van der Waals surface area contributed by atoms with Crippen molar-refractivity contribution in [2.24, 2.45) is 12.0 Å². The van der Waals surface area contributed by atoms with Crippen LogP contribution in [0.25, 0.3) is 5.69 Å². The van der Waals surface area contributed by atoms with E-state index in [1.807, 2.05) is 30.7 Å². The van der Waals surface area contributed by atoms with Gasteiger partial charge in [0.05, 0.1) is 30.1 Å². The molecule has 0 aliphatic carbocycles. The molecule has 3 aromatic rings. The lowest BCUT2D eigenvalue weighted by atomic mass is 10.2. The summed E-state index contributed by atoms with van der Waals surface area (Å²) in [6.07, 6.45) is 4.87. The Kier molecular flexibility index (Phi) is 6.59. The van der Waals surface area contributed by atoms with Crippen molar-refractivity contribution in [2.75, 3.05) is 6.54 Å². The molecule has 148 valence electrons. The van der Waals surface area contributed by atoms with Crippen LogP contribution >= 0.6 is 23.2 Å². The maximum Gasteiger partial charge on any atom is 0.191 e. The van der Waals surface area contributed by atoms with Gasteiger partial charge in [-0.1, -0.05) is 29.3 Å². The van der Waals surface area contributed by atoms with Crippen LogP contribution in [-0.2, 0) is 20.1 Å². The fourth-order valence-electron chi connectivity index (χ4n) is 2.70. The summed E-state index contributed by atoms with van der Waals surface area (Å²) in [6.45, 7) is 3.52. The van der Waals surface area contributed by atoms with E-state index in [1.54, 1.807) is 29.4 Å². The maximum atomic E-state index is 14.4. The van der Waals surface area contributed by atoms with Crippen LogP contribution in [0.4, 0.5) is 4.39 Å². The number of hydrogen-bond donors (Lipinski definition) is 2. The summed E-state index contributed by atoms with van der Waals surface area (Å²) in [5, 5.41) is 7.41. The zero-order valence-electron chi connectivity index (χ0n) is 15.6. The zero-order chi connectivity index (χ0) is 20.1. The Bertz CT molecular complexity index is 965. The van der Waals surface area contributed by atoms with Gasteiger partial charge in [0.25, 0.3) is 0 Å². The molecule has 2 heterocycles. The van der Waals surface area contributed by atoms with Gasteiger partial charge in [-0.05, 0) is 30.7 Å². The molecule has 0 aliphatic rings. The Balaban J connectivity index is 1.68. The fourth-order valence-corrected chi connectivity index (χ4v) is 3.12. The van der Waals surface area contributed by atoms with Crippen molar-refractivity contribution in [3.05, 3.63) is 70.2 Å². The van der Waals surface area contributed by atoms with Gasteiger partial charge in [0.1, 0.15) is 11.0 Å².